The van der Waals surface area contributed by atoms with Crippen molar-refractivity contribution >= 4 is 5.69 Å². The van der Waals surface area contributed by atoms with Gasteiger partial charge in [0.25, 0.3) is 0 Å². The van der Waals surface area contributed by atoms with Crippen molar-refractivity contribution in [1.82, 2.24) is 5.32 Å². The third-order valence-electron chi connectivity index (χ3n) is 2.91. The maximum atomic E-state index is 9.17. The van der Waals surface area contributed by atoms with Crippen LogP contribution >= 0.6 is 0 Å². The lowest BCUT2D eigenvalue weighted by molar-refractivity contribution is 0.475. The van der Waals surface area contributed by atoms with Gasteiger partial charge in [0.2, 0.25) is 0 Å². The zero-order chi connectivity index (χ0) is 10.7. The van der Waals surface area contributed by atoms with Crippen molar-refractivity contribution in [1.29, 1.82) is 0 Å². The molecular formula is C11H17N3O. The highest BCUT2D eigenvalue weighted by Crippen LogP contribution is 2.22. The van der Waals surface area contributed by atoms with Gasteiger partial charge in [-0.15, -0.1) is 0 Å². The van der Waals surface area contributed by atoms with Crippen LogP contribution < -0.4 is 16.4 Å². The first-order chi connectivity index (χ1) is 7.24. The first-order valence-electron chi connectivity index (χ1n) is 5.22. The van der Waals surface area contributed by atoms with Gasteiger partial charge >= 0.3 is 0 Å². The summed E-state index contributed by atoms with van der Waals surface area (Å²) in [4.78, 5) is 0. The Morgan fingerprint density at radius 3 is 2.67 bits per heavy atom. The van der Waals surface area contributed by atoms with Crippen LogP contribution in [-0.2, 0) is 0 Å². The van der Waals surface area contributed by atoms with E-state index < -0.39 is 0 Å². The van der Waals surface area contributed by atoms with E-state index in [1.165, 1.54) is 0 Å². The van der Waals surface area contributed by atoms with Crippen LogP contribution in [0.15, 0.2) is 24.3 Å². The summed E-state index contributed by atoms with van der Waals surface area (Å²) in [5.74, 6) is 0.284. The molecule has 0 saturated carbocycles. The molecule has 0 aromatic heterocycles. The lowest BCUT2D eigenvalue weighted by atomic mass is 9.98. The van der Waals surface area contributed by atoms with Gasteiger partial charge in [0, 0.05) is 18.8 Å². The quantitative estimate of drug-likeness (QED) is 0.545. The van der Waals surface area contributed by atoms with Crippen molar-refractivity contribution in [3.05, 3.63) is 24.3 Å². The number of nitrogens with two attached hydrogens (primary N) is 1. The van der Waals surface area contributed by atoms with Crippen LogP contribution in [-0.4, -0.2) is 30.3 Å². The number of hydrogen-bond donors (Lipinski definition) is 4. The van der Waals surface area contributed by atoms with Gasteiger partial charge in [-0.2, -0.15) is 0 Å². The van der Waals surface area contributed by atoms with Crippen molar-refractivity contribution < 1.29 is 5.11 Å². The molecule has 0 amide bonds. The molecule has 1 aromatic carbocycles. The van der Waals surface area contributed by atoms with Crippen molar-refractivity contribution in [2.45, 2.75) is 12.0 Å². The molecule has 1 fully saturated rings. The van der Waals surface area contributed by atoms with Crippen LogP contribution in [0, 0.1) is 0 Å². The van der Waals surface area contributed by atoms with E-state index in [0.717, 1.165) is 25.2 Å². The number of phenols is 1. The second-order valence-electron chi connectivity index (χ2n) is 4.08. The Labute approximate surface area is 89.5 Å². The maximum absolute atomic E-state index is 9.17. The fourth-order valence-corrected chi connectivity index (χ4v) is 1.93. The number of aromatic hydroxyl groups is 1. The molecule has 5 N–H and O–H groups in total. The number of anilines is 1. The van der Waals surface area contributed by atoms with Gasteiger partial charge < -0.3 is 21.5 Å². The van der Waals surface area contributed by atoms with E-state index in [0.29, 0.717) is 6.54 Å². The van der Waals surface area contributed by atoms with Gasteiger partial charge in [0.15, 0.2) is 0 Å². The van der Waals surface area contributed by atoms with Crippen LogP contribution in [0.3, 0.4) is 0 Å². The first-order valence-corrected chi connectivity index (χ1v) is 5.22. The first kappa shape index (κ1) is 10.3. The smallest absolute Gasteiger partial charge is 0.115 e. The van der Waals surface area contributed by atoms with E-state index in [1.807, 2.05) is 12.1 Å². The van der Waals surface area contributed by atoms with Gasteiger partial charge in [-0.25, -0.2) is 0 Å². The van der Waals surface area contributed by atoms with Gasteiger partial charge in [-0.05, 0) is 37.2 Å². The normalized spacial score (nSPS) is 25.4. The molecule has 4 nitrogen and oxygen atoms in total. The average Bonchev–Trinajstić information content (AvgIpc) is 2.71. The summed E-state index contributed by atoms with van der Waals surface area (Å²) < 4.78 is 0. The molecule has 0 aliphatic carbocycles. The molecule has 1 saturated heterocycles. The van der Waals surface area contributed by atoms with Gasteiger partial charge in [0.1, 0.15) is 5.75 Å². The molecular weight excluding hydrogens is 190 g/mol. The Morgan fingerprint density at radius 1 is 1.40 bits per heavy atom. The largest absolute Gasteiger partial charge is 0.508 e. The van der Waals surface area contributed by atoms with Crippen molar-refractivity contribution in [3.8, 4) is 5.75 Å². The SMILES string of the molecule is NCC1(Nc2ccc(O)cc2)CCNC1. The van der Waals surface area contributed by atoms with Gasteiger partial charge in [0.05, 0.1) is 5.54 Å². The average molecular weight is 207 g/mol. The van der Waals surface area contributed by atoms with Gasteiger partial charge in [-0.3, -0.25) is 0 Å². The number of hydrogen-bond acceptors (Lipinski definition) is 4. The molecule has 4 heteroatoms. The molecule has 0 bridgehead atoms. The third-order valence-corrected chi connectivity index (χ3v) is 2.91. The number of nitrogens with one attached hydrogen (secondary N) is 2. The summed E-state index contributed by atoms with van der Waals surface area (Å²) in [5, 5.41) is 15.9. The summed E-state index contributed by atoms with van der Waals surface area (Å²) in [6.07, 6.45) is 1.03. The van der Waals surface area contributed by atoms with E-state index in [2.05, 4.69) is 10.6 Å². The second kappa shape index (κ2) is 4.08. The standard InChI is InChI=1S/C11H17N3O/c12-7-11(5-6-13-8-11)14-9-1-3-10(15)4-2-9/h1-4,13-15H,5-8,12H2. The Hall–Kier alpha value is -1.26. The lowest BCUT2D eigenvalue weighted by Gasteiger charge is -2.29. The lowest BCUT2D eigenvalue weighted by Crippen LogP contribution is -2.47. The second-order valence-corrected chi connectivity index (χ2v) is 4.08. The molecule has 1 aliphatic rings. The van der Waals surface area contributed by atoms with E-state index in [1.54, 1.807) is 12.1 Å². The minimum atomic E-state index is -0.0308. The molecule has 1 unspecified atom stereocenters. The van der Waals surface area contributed by atoms with Crippen LogP contribution in [0.2, 0.25) is 0 Å². The van der Waals surface area contributed by atoms with E-state index in [4.69, 9.17) is 5.73 Å². The Morgan fingerprint density at radius 2 is 2.13 bits per heavy atom. The van der Waals surface area contributed by atoms with Crippen LogP contribution in [0.1, 0.15) is 6.42 Å². The predicted octanol–water partition coefficient (Wildman–Crippen LogP) is 0.495. The molecule has 1 aromatic rings. The predicted molar refractivity (Wildman–Crippen MR) is 61.0 cm³/mol. The monoisotopic (exact) mass is 207 g/mol. The highest BCUT2D eigenvalue weighted by molar-refractivity contribution is 5.48. The maximum Gasteiger partial charge on any atom is 0.115 e. The van der Waals surface area contributed by atoms with Crippen molar-refractivity contribution in [2.24, 2.45) is 5.73 Å². The van der Waals surface area contributed by atoms with E-state index in [9.17, 15) is 5.11 Å². The number of rotatable bonds is 3. The zero-order valence-corrected chi connectivity index (χ0v) is 8.66. The topological polar surface area (TPSA) is 70.3 Å². The molecule has 15 heavy (non-hydrogen) atoms. The molecule has 1 atom stereocenters. The molecule has 1 heterocycles. The number of benzene rings is 1. The molecule has 1 aliphatic heterocycles. The van der Waals surface area contributed by atoms with Crippen LogP contribution in [0.4, 0.5) is 5.69 Å². The van der Waals surface area contributed by atoms with Crippen LogP contribution in [0.25, 0.3) is 0 Å². The molecule has 2 rings (SSSR count). The highest BCUT2D eigenvalue weighted by atomic mass is 16.3. The fourth-order valence-electron chi connectivity index (χ4n) is 1.93. The Balaban J connectivity index is 2.09. The summed E-state index contributed by atoms with van der Waals surface area (Å²) in [6, 6.07) is 7.08. The third kappa shape index (κ3) is 2.22. The Kier molecular flexibility index (Phi) is 2.79. The van der Waals surface area contributed by atoms with E-state index in [-0.39, 0.29) is 11.3 Å². The van der Waals surface area contributed by atoms with Crippen molar-refractivity contribution in [2.75, 3.05) is 25.0 Å². The summed E-state index contributed by atoms with van der Waals surface area (Å²) in [6.45, 7) is 2.51. The van der Waals surface area contributed by atoms with E-state index >= 15 is 0 Å². The fraction of sp³-hybridized carbons (Fsp3) is 0.455. The number of phenolic OH excluding ortho intramolecular Hbond substituents is 1. The van der Waals surface area contributed by atoms with Crippen molar-refractivity contribution in [3.63, 3.8) is 0 Å². The van der Waals surface area contributed by atoms with Gasteiger partial charge in [-0.1, -0.05) is 0 Å². The molecule has 0 spiro atoms. The molecule has 0 radical (unpaired) electrons. The zero-order valence-electron chi connectivity index (χ0n) is 8.66. The molecule has 82 valence electrons. The summed E-state index contributed by atoms with van der Waals surface area (Å²) >= 11 is 0. The summed E-state index contributed by atoms with van der Waals surface area (Å²) in [7, 11) is 0. The minimum Gasteiger partial charge on any atom is -0.508 e. The highest BCUT2D eigenvalue weighted by Gasteiger charge is 2.31. The summed E-state index contributed by atoms with van der Waals surface area (Å²) in [5.41, 5.74) is 6.77. The minimum absolute atomic E-state index is 0.0308. The Bertz CT molecular complexity index is 317. The van der Waals surface area contributed by atoms with Crippen LogP contribution in [0.5, 0.6) is 5.75 Å².